The Kier molecular flexibility index (Phi) is 5.93. The van der Waals surface area contributed by atoms with E-state index >= 15 is 0 Å². The summed E-state index contributed by atoms with van der Waals surface area (Å²) in [6.07, 6.45) is 9.09. The van der Waals surface area contributed by atoms with Crippen molar-refractivity contribution in [2.45, 2.75) is 37.6 Å². The van der Waals surface area contributed by atoms with Crippen molar-refractivity contribution in [3.8, 4) is 10.7 Å². The summed E-state index contributed by atoms with van der Waals surface area (Å²) in [7, 11) is 0. The molecule has 2 aromatic heterocycles. The van der Waals surface area contributed by atoms with Crippen molar-refractivity contribution >= 4 is 27.5 Å². The first kappa shape index (κ1) is 20.5. The highest BCUT2D eigenvalue weighted by Crippen LogP contribution is 2.34. The van der Waals surface area contributed by atoms with Gasteiger partial charge in [0.1, 0.15) is 10.7 Å². The third-order valence-electron chi connectivity index (χ3n) is 6.45. The number of amides is 1. The van der Waals surface area contributed by atoms with Crippen molar-refractivity contribution in [2.24, 2.45) is 0 Å². The Bertz CT molecular complexity index is 1020. The van der Waals surface area contributed by atoms with E-state index < -0.39 is 0 Å². The number of fused-ring (bicyclic) bond motifs is 1. The molecule has 8 heteroatoms. The molecule has 2 fully saturated rings. The Morgan fingerprint density at radius 2 is 1.87 bits per heavy atom. The van der Waals surface area contributed by atoms with Crippen molar-refractivity contribution in [2.75, 3.05) is 32.8 Å². The third kappa shape index (κ3) is 4.20. The molecule has 1 N–H and O–H groups in total. The van der Waals surface area contributed by atoms with E-state index in [1.165, 1.54) is 30.6 Å². The maximum Gasteiger partial charge on any atom is 0.272 e. The molecule has 0 radical (unpaired) electrons. The van der Waals surface area contributed by atoms with Gasteiger partial charge in [0.2, 0.25) is 0 Å². The number of aromatic nitrogens is 3. The number of morpholine rings is 1. The molecule has 7 nitrogen and oxygen atoms in total. The lowest BCUT2D eigenvalue weighted by Crippen LogP contribution is -2.59. The molecule has 0 spiro atoms. The van der Waals surface area contributed by atoms with Crippen LogP contribution in [0.15, 0.2) is 36.7 Å². The zero-order valence-electron chi connectivity index (χ0n) is 17.5. The van der Waals surface area contributed by atoms with Crippen molar-refractivity contribution < 1.29 is 9.53 Å². The van der Waals surface area contributed by atoms with Gasteiger partial charge in [-0.2, -0.15) is 0 Å². The van der Waals surface area contributed by atoms with E-state index in [9.17, 15) is 4.79 Å². The Hall–Kier alpha value is -2.42. The molecule has 0 bridgehead atoms. The predicted octanol–water partition coefficient (Wildman–Crippen LogP) is 3.52. The van der Waals surface area contributed by atoms with Crippen LogP contribution < -0.4 is 5.32 Å². The van der Waals surface area contributed by atoms with Gasteiger partial charge in [-0.05, 0) is 25.0 Å². The predicted molar refractivity (Wildman–Crippen MR) is 121 cm³/mol. The fourth-order valence-corrected chi connectivity index (χ4v) is 5.78. The van der Waals surface area contributed by atoms with Crippen molar-refractivity contribution in [3.05, 3.63) is 42.4 Å². The summed E-state index contributed by atoms with van der Waals surface area (Å²) < 4.78 is 6.64. The zero-order chi connectivity index (χ0) is 21.1. The number of rotatable bonds is 5. The summed E-state index contributed by atoms with van der Waals surface area (Å²) in [5, 5.41) is 3.93. The molecule has 0 atom stereocenters. The van der Waals surface area contributed by atoms with Crippen LogP contribution in [0.5, 0.6) is 0 Å². The van der Waals surface area contributed by atoms with Gasteiger partial charge in [0, 0.05) is 37.6 Å². The molecule has 31 heavy (non-hydrogen) atoms. The molecule has 1 aliphatic carbocycles. The van der Waals surface area contributed by atoms with Crippen molar-refractivity contribution in [1.29, 1.82) is 0 Å². The van der Waals surface area contributed by atoms with E-state index in [2.05, 4.69) is 25.2 Å². The van der Waals surface area contributed by atoms with Crippen LogP contribution in [0.1, 0.15) is 42.6 Å². The highest BCUT2D eigenvalue weighted by atomic mass is 32.1. The third-order valence-corrected chi connectivity index (χ3v) is 7.50. The molecular weight excluding hydrogens is 410 g/mol. The van der Waals surface area contributed by atoms with Gasteiger partial charge < -0.3 is 10.1 Å². The van der Waals surface area contributed by atoms with E-state index in [-0.39, 0.29) is 11.4 Å². The van der Waals surface area contributed by atoms with Crippen LogP contribution >= 0.6 is 11.3 Å². The lowest BCUT2D eigenvalue weighted by molar-refractivity contribution is -0.0361. The first-order valence-electron chi connectivity index (χ1n) is 11.0. The average Bonchev–Trinajstić information content (AvgIpc) is 3.28. The molecular formula is C23H27N5O2S. The Balaban J connectivity index is 1.38. The minimum Gasteiger partial charge on any atom is -0.379 e. The van der Waals surface area contributed by atoms with Crippen molar-refractivity contribution in [3.63, 3.8) is 0 Å². The van der Waals surface area contributed by atoms with Gasteiger partial charge in [0.15, 0.2) is 5.69 Å². The van der Waals surface area contributed by atoms with Crippen LogP contribution in [0, 0.1) is 0 Å². The Morgan fingerprint density at radius 3 is 2.68 bits per heavy atom. The van der Waals surface area contributed by atoms with Crippen molar-refractivity contribution in [1.82, 2.24) is 25.2 Å². The second-order valence-corrected chi connectivity index (χ2v) is 9.34. The fraction of sp³-hybridized carbons (Fsp3) is 0.478. The molecule has 1 amide bonds. The van der Waals surface area contributed by atoms with Gasteiger partial charge in [-0.1, -0.05) is 31.4 Å². The highest BCUT2D eigenvalue weighted by Gasteiger charge is 2.39. The molecule has 3 heterocycles. The number of para-hydroxylation sites is 1. The maximum atomic E-state index is 13.2. The topological polar surface area (TPSA) is 80.2 Å². The quantitative estimate of drug-likeness (QED) is 0.658. The average molecular weight is 438 g/mol. The zero-order valence-corrected chi connectivity index (χ0v) is 18.4. The van der Waals surface area contributed by atoms with Gasteiger partial charge in [-0.25, -0.2) is 15.0 Å². The second-order valence-electron chi connectivity index (χ2n) is 8.31. The number of nitrogens with one attached hydrogen (secondary N) is 1. The molecule has 2 aliphatic rings. The number of nitrogens with zero attached hydrogens (tertiary/aromatic N) is 4. The van der Waals surface area contributed by atoms with Crippen LogP contribution in [-0.4, -0.2) is 64.1 Å². The van der Waals surface area contributed by atoms with Gasteiger partial charge in [-0.3, -0.25) is 9.69 Å². The van der Waals surface area contributed by atoms with Crippen LogP contribution in [0.3, 0.4) is 0 Å². The molecule has 1 saturated heterocycles. The maximum absolute atomic E-state index is 13.2. The van der Waals surface area contributed by atoms with Crippen LogP contribution in [0.2, 0.25) is 0 Å². The fourth-order valence-electron chi connectivity index (χ4n) is 4.82. The van der Waals surface area contributed by atoms with E-state index in [1.54, 1.807) is 12.4 Å². The Labute approximate surface area is 185 Å². The largest absolute Gasteiger partial charge is 0.379 e. The van der Waals surface area contributed by atoms with Gasteiger partial charge in [-0.15, -0.1) is 11.3 Å². The minimum atomic E-state index is -0.180. The number of hydrogen-bond donors (Lipinski definition) is 1. The SMILES string of the molecule is O=C(NCC1(N2CCOCC2)CCCCC1)c1nccnc1-c1nc2ccccc2s1. The number of carbonyl (C=O) groups is 1. The normalized spacial score (nSPS) is 19.4. The molecule has 1 aromatic carbocycles. The van der Waals surface area contributed by atoms with E-state index in [4.69, 9.17) is 4.74 Å². The summed E-state index contributed by atoms with van der Waals surface area (Å²) in [4.78, 5) is 29.3. The molecule has 5 rings (SSSR count). The standard InChI is InChI=1S/C23H27N5O2S/c29-21(26-16-23(8-4-1-5-9-23)28-12-14-30-15-13-28)19-20(25-11-10-24-19)22-27-17-6-2-3-7-18(17)31-22/h2-3,6-7,10-11H,1,4-5,8-9,12-16H2,(H,26,29). The smallest absolute Gasteiger partial charge is 0.272 e. The second kappa shape index (κ2) is 8.98. The number of hydrogen-bond acceptors (Lipinski definition) is 7. The number of benzene rings is 1. The molecule has 162 valence electrons. The van der Waals surface area contributed by atoms with Crippen LogP contribution in [0.4, 0.5) is 0 Å². The molecule has 1 saturated carbocycles. The highest BCUT2D eigenvalue weighted by molar-refractivity contribution is 7.21. The summed E-state index contributed by atoms with van der Waals surface area (Å²) >= 11 is 1.53. The van der Waals surface area contributed by atoms with E-state index in [1.807, 2.05) is 24.3 Å². The van der Waals surface area contributed by atoms with E-state index in [0.29, 0.717) is 17.9 Å². The summed E-state index contributed by atoms with van der Waals surface area (Å²) in [5.41, 5.74) is 1.81. The van der Waals surface area contributed by atoms with Gasteiger partial charge in [0.25, 0.3) is 5.91 Å². The first-order valence-corrected chi connectivity index (χ1v) is 11.8. The van der Waals surface area contributed by atoms with Crippen LogP contribution in [-0.2, 0) is 4.74 Å². The lowest BCUT2D eigenvalue weighted by Gasteiger charge is -2.48. The Morgan fingerprint density at radius 1 is 1.10 bits per heavy atom. The molecule has 0 unspecified atom stereocenters. The number of carbonyl (C=O) groups excluding carboxylic acids is 1. The van der Waals surface area contributed by atoms with E-state index in [0.717, 1.165) is 54.4 Å². The first-order chi connectivity index (χ1) is 15.3. The van der Waals surface area contributed by atoms with Gasteiger partial charge >= 0.3 is 0 Å². The monoisotopic (exact) mass is 437 g/mol. The summed E-state index contributed by atoms with van der Waals surface area (Å²) in [5.74, 6) is -0.180. The minimum absolute atomic E-state index is 0.00985. The number of ether oxygens (including phenoxy) is 1. The van der Waals surface area contributed by atoms with Crippen LogP contribution in [0.25, 0.3) is 20.9 Å². The summed E-state index contributed by atoms with van der Waals surface area (Å²) in [6, 6.07) is 7.96. The summed E-state index contributed by atoms with van der Waals surface area (Å²) in [6.45, 7) is 4.01. The lowest BCUT2D eigenvalue weighted by atomic mass is 9.79. The number of thiazole rings is 1. The molecule has 1 aliphatic heterocycles. The van der Waals surface area contributed by atoms with Gasteiger partial charge in [0.05, 0.1) is 23.4 Å². The molecule has 3 aromatic rings.